The van der Waals surface area contributed by atoms with Gasteiger partial charge in [0.2, 0.25) is 0 Å². The lowest BCUT2D eigenvalue weighted by Crippen LogP contribution is -2.50. The summed E-state index contributed by atoms with van der Waals surface area (Å²) in [5.41, 5.74) is 0.624. The molecule has 4 rings (SSSR count). The maximum absolute atomic E-state index is 13.4. The first-order chi connectivity index (χ1) is 16.1. The van der Waals surface area contributed by atoms with Gasteiger partial charge in [-0.2, -0.15) is 13.2 Å². The second-order valence-corrected chi connectivity index (χ2v) is 9.70. The van der Waals surface area contributed by atoms with Crippen molar-refractivity contribution in [1.29, 1.82) is 0 Å². The Morgan fingerprint density at radius 3 is 2.47 bits per heavy atom. The highest BCUT2D eigenvalue weighted by molar-refractivity contribution is 7.92. The normalized spacial score (nSPS) is 15.9. The SMILES string of the molecule is Cc1ccc(S(=O)(=O)N2CC(C(=O)NCc3cccc(C(F)(F)F)c3)Oc3ccccc32)cc1. The number of hydrogen-bond donors (Lipinski definition) is 1. The van der Waals surface area contributed by atoms with E-state index in [1.54, 1.807) is 36.4 Å². The lowest BCUT2D eigenvalue weighted by atomic mass is 10.1. The number of amides is 1. The van der Waals surface area contributed by atoms with E-state index in [1.165, 1.54) is 24.3 Å². The third-order valence-corrected chi connectivity index (χ3v) is 7.15. The first-order valence-electron chi connectivity index (χ1n) is 10.3. The van der Waals surface area contributed by atoms with Crippen LogP contribution in [0.25, 0.3) is 0 Å². The van der Waals surface area contributed by atoms with Gasteiger partial charge in [0.25, 0.3) is 15.9 Å². The molecule has 1 N–H and O–H groups in total. The molecule has 1 amide bonds. The number of sulfonamides is 1. The molecule has 178 valence electrons. The van der Waals surface area contributed by atoms with Gasteiger partial charge in [-0.05, 0) is 48.9 Å². The number of alkyl halides is 3. The Hall–Kier alpha value is -3.53. The molecule has 0 radical (unpaired) electrons. The molecule has 0 saturated heterocycles. The number of nitrogens with one attached hydrogen (secondary N) is 1. The molecule has 3 aromatic rings. The number of para-hydroxylation sites is 2. The lowest BCUT2D eigenvalue weighted by molar-refractivity contribution is -0.137. The molecule has 3 aromatic carbocycles. The minimum absolute atomic E-state index is 0.0675. The van der Waals surface area contributed by atoms with E-state index in [1.807, 2.05) is 6.92 Å². The number of aryl methyl sites for hydroxylation is 1. The van der Waals surface area contributed by atoms with Crippen LogP contribution >= 0.6 is 0 Å². The van der Waals surface area contributed by atoms with Gasteiger partial charge in [-0.1, -0.05) is 42.0 Å². The summed E-state index contributed by atoms with van der Waals surface area (Å²) in [5.74, 6) is -0.431. The van der Waals surface area contributed by atoms with Crippen molar-refractivity contribution in [2.24, 2.45) is 0 Å². The molecule has 0 saturated carbocycles. The van der Waals surface area contributed by atoms with Crippen molar-refractivity contribution in [2.45, 2.75) is 30.6 Å². The van der Waals surface area contributed by atoms with Crippen molar-refractivity contribution in [1.82, 2.24) is 5.32 Å². The highest BCUT2D eigenvalue weighted by Gasteiger charge is 2.37. The van der Waals surface area contributed by atoms with Crippen molar-refractivity contribution in [3.8, 4) is 5.75 Å². The second kappa shape index (κ2) is 9.02. The van der Waals surface area contributed by atoms with Crippen LogP contribution < -0.4 is 14.4 Å². The number of halogens is 3. The number of hydrogen-bond acceptors (Lipinski definition) is 4. The van der Waals surface area contributed by atoms with E-state index in [0.717, 1.165) is 22.0 Å². The molecule has 0 spiro atoms. The Labute approximate surface area is 195 Å². The number of fused-ring (bicyclic) bond motifs is 1. The van der Waals surface area contributed by atoms with Gasteiger partial charge < -0.3 is 10.1 Å². The van der Waals surface area contributed by atoms with Crippen molar-refractivity contribution < 1.29 is 31.1 Å². The summed E-state index contributed by atoms with van der Waals surface area (Å²) >= 11 is 0. The van der Waals surface area contributed by atoms with Crippen LogP contribution in [-0.2, 0) is 27.5 Å². The van der Waals surface area contributed by atoms with E-state index < -0.39 is 33.8 Å². The van der Waals surface area contributed by atoms with Gasteiger partial charge in [0.05, 0.1) is 22.7 Å². The quantitative estimate of drug-likeness (QED) is 0.579. The highest BCUT2D eigenvalue weighted by atomic mass is 32.2. The fourth-order valence-electron chi connectivity index (χ4n) is 3.56. The molecule has 0 fully saturated rings. The Kier molecular flexibility index (Phi) is 6.26. The number of anilines is 1. The van der Waals surface area contributed by atoms with Crippen LogP contribution in [0.3, 0.4) is 0 Å². The lowest BCUT2D eigenvalue weighted by Gasteiger charge is -2.34. The van der Waals surface area contributed by atoms with E-state index in [0.29, 0.717) is 5.69 Å². The largest absolute Gasteiger partial charge is 0.476 e. The number of carbonyl (C=O) groups excluding carboxylic acids is 1. The zero-order valence-corrected chi connectivity index (χ0v) is 18.9. The summed E-state index contributed by atoms with van der Waals surface area (Å²) in [4.78, 5) is 12.9. The monoisotopic (exact) mass is 490 g/mol. The maximum atomic E-state index is 13.4. The third-order valence-electron chi connectivity index (χ3n) is 5.36. The summed E-state index contributed by atoms with van der Waals surface area (Å²) in [6.45, 7) is 1.38. The molecular weight excluding hydrogens is 469 g/mol. The predicted molar refractivity (Wildman–Crippen MR) is 120 cm³/mol. The van der Waals surface area contributed by atoms with Gasteiger partial charge in [0.1, 0.15) is 5.75 Å². The van der Waals surface area contributed by atoms with Gasteiger partial charge in [0, 0.05) is 6.54 Å². The van der Waals surface area contributed by atoms with Crippen LogP contribution in [0.2, 0.25) is 0 Å². The summed E-state index contributed by atoms with van der Waals surface area (Å²) in [7, 11) is -4.00. The van der Waals surface area contributed by atoms with Crippen LogP contribution in [0.4, 0.5) is 18.9 Å². The zero-order valence-electron chi connectivity index (χ0n) is 18.0. The molecule has 0 aromatic heterocycles. The van der Waals surface area contributed by atoms with E-state index in [9.17, 15) is 26.4 Å². The summed E-state index contributed by atoms with van der Waals surface area (Å²) < 4.78 is 72.4. The molecular formula is C24H21F3N2O4S. The van der Waals surface area contributed by atoms with E-state index in [2.05, 4.69) is 5.32 Å². The number of nitrogens with zero attached hydrogens (tertiary/aromatic N) is 1. The first-order valence-corrected chi connectivity index (χ1v) is 11.8. The minimum atomic E-state index is -4.50. The van der Waals surface area contributed by atoms with Gasteiger partial charge in [-0.15, -0.1) is 0 Å². The molecule has 6 nitrogen and oxygen atoms in total. The summed E-state index contributed by atoms with van der Waals surface area (Å²) in [6.07, 6.45) is -5.69. The molecule has 0 bridgehead atoms. The van der Waals surface area contributed by atoms with Crippen LogP contribution in [0.5, 0.6) is 5.75 Å². The highest BCUT2D eigenvalue weighted by Crippen LogP contribution is 2.37. The molecule has 1 aliphatic heterocycles. The minimum Gasteiger partial charge on any atom is -0.476 e. The zero-order chi connectivity index (χ0) is 24.5. The Morgan fingerprint density at radius 1 is 1.06 bits per heavy atom. The number of rotatable bonds is 5. The van der Waals surface area contributed by atoms with Gasteiger partial charge in [-0.3, -0.25) is 9.10 Å². The Balaban J connectivity index is 1.56. The fraction of sp³-hybridized carbons (Fsp3) is 0.208. The summed E-state index contributed by atoms with van der Waals surface area (Å²) in [6, 6.07) is 17.4. The molecule has 1 atom stereocenters. The molecule has 1 heterocycles. The van der Waals surface area contributed by atoms with Crippen molar-refractivity contribution >= 4 is 21.6 Å². The van der Waals surface area contributed by atoms with E-state index >= 15 is 0 Å². The van der Waals surface area contributed by atoms with Crippen LogP contribution in [0.1, 0.15) is 16.7 Å². The fourth-order valence-corrected chi connectivity index (χ4v) is 5.04. The molecule has 10 heteroatoms. The van der Waals surface area contributed by atoms with E-state index in [-0.39, 0.29) is 29.3 Å². The van der Waals surface area contributed by atoms with Crippen LogP contribution in [-0.4, -0.2) is 27.0 Å². The Bertz CT molecular complexity index is 1310. The average Bonchev–Trinajstić information content (AvgIpc) is 2.81. The van der Waals surface area contributed by atoms with Crippen LogP contribution in [0.15, 0.2) is 77.7 Å². The maximum Gasteiger partial charge on any atom is 0.416 e. The van der Waals surface area contributed by atoms with Crippen molar-refractivity contribution in [3.05, 3.63) is 89.5 Å². The predicted octanol–water partition coefficient (Wildman–Crippen LogP) is 4.29. The second-order valence-electron chi connectivity index (χ2n) is 7.84. The topological polar surface area (TPSA) is 75.7 Å². The molecule has 0 aliphatic carbocycles. The van der Waals surface area contributed by atoms with Gasteiger partial charge in [0.15, 0.2) is 6.10 Å². The average molecular weight is 491 g/mol. The van der Waals surface area contributed by atoms with Gasteiger partial charge in [-0.25, -0.2) is 8.42 Å². The number of ether oxygens (including phenoxy) is 1. The van der Waals surface area contributed by atoms with Crippen LogP contribution in [0, 0.1) is 6.92 Å². The third kappa shape index (κ3) is 4.86. The van der Waals surface area contributed by atoms with Crippen molar-refractivity contribution in [3.63, 3.8) is 0 Å². The standard InChI is InChI=1S/C24H21F3N2O4S/c1-16-9-11-19(12-10-16)34(31,32)29-15-22(33-21-8-3-2-7-20(21)29)23(30)28-14-17-5-4-6-18(13-17)24(25,26)27/h2-13,22H,14-15H2,1H3,(H,28,30). The summed E-state index contributed by atoms with van der Waals surface area (Å²) in [5, 5.41) is 2.54. The molecule has 1 aliphatic rings. The smallest absolute Gasteiger partial charge is 0.416 e. The molecule has 34 heavy (non-hydrogen) atoms. The Morgan fingerprint density at radius 2 is 1.76 bits per heavy atom. The number of benzene rings is 3. The van der Waals surface area contributed by atoms with E-state index in [4.69, 9.17) is 4.74 Å². The number of carbonyl (C=O) groups is 1. The van der Waals surface area contributed by atoms with Gasteiger partial charge >= 0.3 is 6.18 Å². The first kappa shape index (κ1) is 23.6. The molecule has 1 unspecified atom stereocenters. The van der Waals surface area contributed by atoms with Crippen molar-refractivity contribution in [2.75, 3.05) is 10.8 Å².